The van der Waals surface area contributed by atoms with Gasteiger partial charge in [0.15, 0.2) is 11.6 Å². The minimum atomic E-state index is -0.936. The Balaban J connectivity index is 2.03. The van der Waals surface area contributed by atoms with Gasteiger partial charge in [-0.1, -0.05) is 6.07 Å². The molecule has 0 N–H and O–H groups in total. The summed E-state index contributed by atoms with van der Waals surface area (Å²) in [5, 5.41) is 3.98. The monoisotopic (exact) mass is 261 g/mol. The Hall–Kier alpha value is -2.50. The molecule has 0 fully saturated rings. The zero-order valence-electron chi connectivity index (χ0n) is 9.75. The second kappa shape index (κ2) is 4.31. The van der Waals surface area contributed by atoms with E-state index in [0.717, 1.165) is 12.1 Å². The van der Waals surface area contributed by atoms with Crippen LogP contribution in [0.5, 0.6) is 0 Å². The van der Waals surface area contributed by atoms with E-state index in [-0.39, 0.29) is 12.1 Å². The molecule has 0 saturated carbocycles. The number of fused-ring (bicyclic) bond motifs is 1. The maximum Gasteiger partial charge on any atom is 0.291 e. The van der Waals surface area contributed by atoms with Crippen LogP contribution in [0.3, 0.4) is 0 Å². The van der Waals surface area contributed by atoms with Crippen LogP contribution in [0.2, 0.25) is 0 Å². The van der Waals surface area contributed by atoms with Crippen LogP contribution in [0, 0.1) is 11.6 Å². The van der Waals surface area contributed by atoms with E-state index in [4.69, 9.17) is 0 Å². The number of benzene rings is 1. The van der Waals surface area contributed by atoms with Gasteiger partial charge < -0.3 is 4.40 Å². The highest BCUT2D eigenvalue weighted by Gasteiger charge is 2.07. The van der Waals surface area contributed by atoms with Gasteiger partial charge in [-0.2, -0.15) is 5.10 Å². The standard InChI is InChI=1S/C13H9F2N3O/c14-10-4-3-9(6-11(10)15)7-18-13(19)12-2-1-5-17(12)8-16-18/h1-6,8H,7H2. The van der Waals surface area contributed by atoms with E-state index in [9.17, 15) is 13.6 Å². The van der Waals surface area contributed by atoms with Crippen LogP contribution in [0.15, 0.2) is 47.7 Å². The summed E-state index contributed by atoms with van der Waals surface area (Å²) >= 11 is 0. The molecule has 0 aliphatic carbocycles. The molecule has 1 aromatic carbocycles. The number of rotatable bonds is 2. The maximum atomic E-state index is 13.1. The molecule has 0 amide bonds. The lowest BCUT2D eigenvalue weighted by atomic mass is 10.2. The van der Waals surface area contributed by atoms with Crippen molar-refractivity contribution in [3.63, 3.8) is 0 Å². The fourth-order valence-electron chi connectivity index (χ4n) is 1.90. The van der Waals surface area contributed by atoms with Crippen molar-refractivity contribution in [2.45, 2.75) is 6.54 Å². The van der Waals surface area contributed by atoms with Crippen LogP contribution in [0.1, 0.15) is 5.56 Å². The Morgan fingerprint density at radius 2 is 2.00 bits per heavy atom. The second-order valence-electron chi connectivity index (χ2n) is 4.14. The zero-order valence-corrected chi connectivity index (χ0v) is 9.75. The average molecular weight is 261 g/mol. The van der Waals surface area contributed by atoms with Crippen molar-refractivity contribution in [3.8, 4) is 0 Å². The molecular formula is C13H9F2N3O. The minimum Gasteiger partial charge on any atom is -0.301 e. The first-order valence-electron chi connectivity index (χ1n) is 5.62. The third-order valence-corrected chi connectivity index (χ3v) is 2.86. The van der Waals surface area contributed by atoms with Crippen molar-refractivity contribution in [1.82, 2.24) is 14.2 Å². The summed E-state index contributed by atoms with van der Waals surface area (Å²) in [4.78, 5) is 12.1. The van der Waals surface area contributed by atoms with Gasteiger partial charge in [0.05, 0.1) is 6.54 Å². The van der Waals surface area contributed by atoms with Crippen LogP contribution in [-0.4, -0.2) is 14.2 Å². The summed E-state index contributed by atoms with van der Waals surface area (Å²) in [7, 11) is 0. The van der Waals surface area contributed by atoms with Gasteiger partial charge in [-0.15, -0.1) is 0 Å². The van der Waals surface area contributed by atoms with Gasteiger partial charge in [0.1, 0.15) is 11.8 Å². The molecule has 0 bridgehead atoms. The molecule has 2 heterocycles. The largest absolute Gasteiger partial charge is 0.301 e. The fraction of sp³-hybridized carbons (Fsp3) is 0.0769. The molecule has 0 aliphatic heterocycles. The molecule has 6 heteroatoms. The van der Waals surface area contributed by atoms with Gasteiger partial charge >= 0.3 is 0 Å². The molecule has 0 spiro atoms. The topological polar surface area (TPSA) is 39.3 Å². The molecule has 3 aromatic rings. The van der Waals surface area contributed by atoms with Crippen molar-refractivity contribution < 1.29 is 8.78 Å². The van der Waals surface area contributed by atoms with E-state index < -0.39 is 11.6 Å². The minimum absolute atomic E-state index is 0.0950. The van der Waals surface area contributed by atoms with Gasteiger partial charge in [0, 0.05) is 6.20 Å². The number of halogens is 2. The Morgan fingerprint density at radius 1 is 1.16 bits per heavy atom. The van der Waals surface area contributed by atoms with Gasteiger partial charge in [-0.3, -0.25) is 4.79 Å². The SMILES string of the molecule is O=c1c2cccn2cnn1Cc1ccc(F)c(F)c1. The lowest BCUT2D eigenvalue weighted by Crippen LogP contribution is -2.24. The van der Waals surface area contributed by atoms with Crippen molar-refractivity contribution >= 4 is 5.52 Å². The highest BCUT2D eigenvalue weighted by Crippen LogP contribution is 2.09. The first kappa shape index (κ1) is 11.6. The normalized spacial score (nSPS) is 11.1. The number of hydrogen-bond donors (Lipinski definition) is 0. The molecule has 2 aromatic heterocycles. The van der Waals surface area contributed by atoms with Crippen LogP contribution in [0.25, 0.3) is 5.52 Å². The number of nitrogens with zero attached hydrogens (tertiary/aromatic N) is 3. The fourth-order valence-corrected chi connectivity index (χ4v) is 1.90. The van der Waals surface area contributed by atoms with Crippen LogP contribution in [0.4, 0.5) is 8.78 Å². The molecule has 96 valence electrons. The summed E-state index contributed by atoms with van der Waals surface area (Å²) in [5.74, 6) is -1.85. The second-order valence-corrected chi connectivity index (χ2v) is 4.14. The molecular weight excluding hydrogens is 252 g/mol. The van der Waals surface area contributed by atoms with Crippen LogP contribution in [-0.2, 0) is 6.54 Å². The lowest BCUT2D eigenvalue weighted by molar-refractivity contribution is 0.505. The maximum absolute atomic E-state index is 13.1. The smallest absolute Gasteiger partial charge is 0.291 e. The zero-order chi connectivity index (χ0) is 13.4. The lowest BCUT2D eigenvalue weighted by Gasteiger charge is -2.05. The van der Waals surface area contributed by atoms with Gasteiger partial charge in [-0.05, 0) is 29.8 Å². The van der Waals surface area contributed by atoms with E-state index in [1.165, 1.54) is 17.1 Å². The number of aromatic nitrogens is 3. The molecule has 19 heavy (non-hydrogen) atoms. The first-order valence-corrected chi connectivity index (χ1v) is 5.62. The summed E-state index contributed by atoms with van der Waals surface area (Å²) in [6, 6.07) is 6.93. The third-order valence-electron chi connectivity index (χ3n) is 2.86. The van der Waals surface area contributed by atoms with Gasteiger partial charge in [-0.25, -0.2) is 13.5 Å². The Bertz CT molecular complexity index is 807. The van der Waals surface area contributed by atoms with E-state index in [0.29, 0.717) is 11.1 Å². The summed E-state index contributed by atoms with van der Waals surface area (Å²) in [5.41, 5.74) is 0.680. The van der Waals surface area contributed by atoms with Gasteiger partial charge in [0.25, 0.3) is 5.56 Å². The molecule has 0 saturated heterocycles. The molecule has 0 aliphatic rings. The Kier molecular flexibility index (Phi) is 2.63. The Labute approximate surface area is 106 Å². The highest BCUT2D eigenvalue weighted by atomic mass is 19.2. The molecule has 0 atom stereocenters. The predicted octanol–water partition coefficient (Wildman–Crippen LogP) is 1.82. The van der Waals surface area contributed by atoms with Crippen molar-refractivity contribution in [2.24, 2.45) is 0 Å². The summed E-state index contributed by atoms with van der Waals surface area (Å²) in [6.07, 6.45) is 3.21. The van der Waals surface area contributed by atoms with Crippen molar-refractivity contribution in [1.29, 1.82) is 0 Å². The summed E-state index contributed by atoms with van der Waals surface area (Å²) < 4.78 is 28.7. The molecule has 0 unspecified atom stereocenters. The molecule has 0 radical (unpaired) electrons. The van der Waals surface area contributed by atoms with Crippen molar-refractivity contribution in [3.05, 3.63) is 70.4 Å². The van der Waals surface area contributed by atoms with E-state index in [1.54, 1.807) is 22.7 Å². The molecule has 4 nitrogen and oxygen atoms in total. The average Bonchev–Trinajstić information content (AvgIpc) is 2.86. The highest BCUT2D eigenvalue weighted by molar-refractivity contribution is 5.44. The van der Waals surface area contributed by atoms with E-state index in [2.05, 4.69) is 5.10 Å². The predicted molar refractivity (Wildman–Crippen MR) is 64.9 cm³/mol. The van der Waals surface area contributed by atoms with Crippen LogP contribution < -0.4 is 5.56 Å². The summed E-state index contributed by atoms with van der Waals surface area (Å²) in [6.45, 7) is 0.0950. The number of hydrogen-bond acceptors (Lipinski definition) is 2. The Morgan fingerprint density at radius 3 is 2.79 bits per heavy atom. The van der Waals surface area contributed by atoms with E-state index >= 15 is 0 Å². The van der Waals surface area contributed by atoms with Gasteiger partial charge in [0.2, 0.25) is 0 Å². The third kappa shape index (κ3) is 2.01. The van der Waals surface area contributed by atoms with E-state index in [1.807, 2.05) is 0 Å². The van der Waals surface area contributed by atoms with Crippen LogP contribution >= 0.6 is 0 Å². The first-order chi connectivity index (χ1) is 9.15. The van der Waals surface area contributed by atoms with Crippen molar-refractivity contribution in [2.75, 3.05) is 0 Å². The quantitative estimate of drug-likeness (QED) is 0.706. The molecule has 3 rings (SSSR count).